The highest BCUT2D eigenvalue weighted by Gasteiger charge is 2.09. The summed E-state index contributed by atoms with van der Waals surface area (Å²) < 4.78 is 0. The number of allylic oxidation sites excluding steroid dienone is 6. The molecule has 0 heterocycles. The third kappa shape index (κ3) is 1.69. The third-order valence-electron chi connectivity index (χ3n) is 2.82. The highest BCUT2D eigenvalue weighted by Crippen LogP contribution is 2.26. The Morgan fingerprint density at radius 1 is 1.08 bits per heavy atom. The highest BCUT2D eigenvalue weighted by molar-refractivity contribution is 5.41. The zero-order chi connectivity index (χ0) is 9.30. The second kappa shape index (κ2) is 3.30. The average molecular weight is 162 g/mol. The zero-order valence-electron chi connectivity index (χ0n) is 8.73. The van der Waals surface area contributed by atoms with Crippen molar-refractivity contribution in [3.63, 3.8) is 0 Å². The van der Waals surface area contributed by atoms with Gasteiger partial charge >= 0.3 is 0 Å². The van der Waals surface area contributed by atoms with Crippen LogP contribution in [0.25, 0.3) is 0 Å². The van der Waals surface area contributed by atoms with Crippen LogP contribution < -0.4 is 0 Å². The van der Waals surface area contributed by atoms with Crippen LogP contribution in [0.4, 0.5) is 0 Å². The third-order valence-corrected chi connectivity index (χ3v) is 2.82. The van der Waals surface area contributed by atoms with E-state index in [2.05, 4.69) is 46.8 Å². The first-order chi connectivity index (χ1) is 5.52. The Kier molecular flexibility index (Phi) is 2.56. The van der Waals surface area contributed by atoms with Crippen molar-refractivity contribution >= 4 is 0 Å². The van der Waals surface area contributed by atoms with Crippen molar-refractivity contribution in [1.82, 2.24) is 0 Å². The van der Waals surface area contributed by atoms with Gasteiger partial charge in [0.1, 0.15) is 0 Å². The van der Waals surface area contributed by atoms with Crippen molar-refractivity contribution in [3.05, 3.63) is 34.4 Å². The molecule has 0 N–H and O–H groups in total. The summed E-state index contributed by atoms with van der Waals surface area (Å²) in [5.41, 5.74) is 5.75. The molecule has 0 spiro atoms. The van der Waals surface area contributed by atoms with E-state index in [9.17, 15) is 0 Å². The van der Waals surface area contributed by atoms with Gasteiger partial charge in [0.15, 0.2) is 0 Å². The summed E-state index contributed by atoms with van der Waals surface area (Å²) in [6.07, 6.45) is 4.59. The lowest BCUT2D eigenvalue weighted by Crippen LogP contribution is -1.94. The fourth-order valence-corrected chi connectivity index (χ4v) is 1.67. The summed E-state index contributed by atoms with van der Waals surface area (Å²) in [4.78, 5) is 0. The molecule has 0 aliphatic heterocycles. The van der Waals surface area contributed by atoms with Crippen LogP contribution >= 0.6 is 0 Å². The summed E-state index contributed by atoms with van der Waals surface area (Å²) in [5.74, 6) is 0.596. The van der Waals surface area contributed by atoms with Crippen LogP contribution in [0.5, 0.6) is 0 Å². The lowest BCUT2D eigenvalue weighted by atomic mass is 9.96. The maximum Gasteiger partial charge on any atom is -0.00429 e. The molecule has 0 aromatic heterocycles. The molecule has 0 fully saturated rings. The lowest BCUT2D eigenvalue weighted by molar-refractivity contribution is 0.846. The van der Waals surface area contributed by atoms with Crippen LogP contribution in [0, 0.1) is 5.92 Å². The molecule has 0 amide bonds. The quantitative estimate of drug-likeness (QED) is 0.507. The zero-order valence-corrected chi connectivity index (χ0v) is 8.73. The van der Waals surface area contributed by atoms with E-state index < -0.39 is 0 Å². The summed E-state index contributed by atoms with van der Waals surface area (Å²) in [6.45, 7) is 11.1. The Morgan fingerprint density at radius 3 is 2.25 bits per heavy atom. The minimum atomic E-state index is 0.596. The second-order valence-corrected chi connectivity index (χ2v) is 3.83. The molecule has 0 radical (unpaired) electrons. The molecule has 0 aromatic carbocycles. The van der Waals surface area contributed by atoms with Gasteiger partial charge in [0.05, 0.1) is 0 Å². The average Bonchev–Trinajstić information content (AvgIpc) is 2.05. The van der Waals surface area contributed by atoms with Gasteiger partial charge in [-0.3, -0.25) is 0 Å². The molecule has 1 aliphatic carbocycles. The Hall–Kier alpha value is -0.780. The van der Waals surface area contributed by atoms with E-state index in [1.165, 1.54) is 22.3 Å². The van der Waals surface area contributed by atoms with Crippen LogP contribution in [0.1, 0.15) is 34.6 Å². The second-order valence-electron chi connectivity index (χ2n) is 3.83. The van der Waals surface area contributed by atoms with Crippen molar-refractivity contribution in [2.45, 2.75) is 34.6 Å². The summed E-state index contributed by atoms with van der Waals surface area (Å²) >= 11 is 0. The van der Waals surface area contributed by atoms with Crippen molar-refractivity contribution < 1.29 is 0 Å². The molecule has 12 heavy (non-hydrogen) atoms. The molecule has 0 heteroatoms. The van der Waals surface area contributed by atoms with E-state index in [1.54, 1.807) is 0 Å². The topological polar surface area (TPSA) is 0 Å². The fraction of sp³-hybridized carbons (Fsp3) is 0.500. The van der Waals surface area contributed by atoms with Crippen molar-refractivity contribution in [2.24, 2.45) is 5.92 Å². The maximum atomic E-state index is 2.33. The van der Waals surface area contributed by atoms with Crippen LogP contribution in [-0.2, 0) is 0 Å². The molecule has 66 valence electrons. The number of hydrogen-bond donors (Lipinski definition) is 0. The first-order valence-corrected chi connectivity index (χ1v) is 4.57. The van der Waals surface area contributed by atoms with Crippen LogP contribution in [0.2, 0.25) is 0 Å². The maximum absolute atomic E-state index is 2.33. The molecule has 0 saturated heterocycles. The van der Waals surface area contributed by atoms with Gasteiger partial charge in [-0.2, -0.15) is 0 Å². The van der Waals surface area contributed by atoms with E-state index in [4.69, 9.17) is 0 Å². The minimum absolute atomic E-state index is 0.596. The molecular formula is C12H18. The molecule has 1 rings (SSSR count). The van der Waals surface area contributed by atoms with Crippen molar-refractivity contribution in [1.29, 1.82) is 0 Å². The smallest absolute Gasteiger partial charge is 0.00429 e. The monoisotopic (exact) mass is 162 g/mol. The molecule has 0 aromatic rings. The van der Waals surface area contributed by atoms with E-state index >= 15 is 0 Å². The summed E-state index contributed by atoms with van der Waals surface area (Å²) in [5, 5.41) is 0. The molecule has 0 nitrogen and oxygen atoms in total. The molecule has 0 saturated carbocycles. The van der Waals surface area contributed by atoms with Gasteiger partial charge in [0, 0.05) is 0 Å². The highest BCUT2D eigenvalue weighted by atomic mass is 14.1. The normalized spacial score (nSPS) is 24.9. The van der Waals surface area contributed by atoms with E-state index in [0.717, 1.165) is 0 Å². The van der Waals surface area contributed by atoms with Crippen LogP contribution in [0.15, 0.2) is 34.4 Å². The van der Waals surface area contributed by atoms with Gasteiger partial charge in [0.2, 0.25) is 0 Å². The lowest BCUT2D eigenvalue weighted by Gasteiger charge is -2.09. The first kappa shape index (κ1) is 9.31. The van der Waals surface area contributed by atoms with E-state index in [1.807, 2.05) is 0 Å². The summed E-state index contributed by atoms with van der Waals surface area (Å²) in [6, 6.07) is 0. The predicted octanol–water partition coefficient (Wildman–Crippen LogP) is 3.87. The Labute approximate surface area is 75.7 Å². The standard InChI is InChI=1S/C12H18/c1-8-6-9(2)11(4)12(5)10(3)7-8/h6-7,9H,1-5H3. The molecular weight excluding hydrogens is 144 g/mol. The van der Waals surface area contributed by atoms with E-state index in [-0.39, 0.29) is 0 Å². The predicted molar refractivity (Wildman–Crippen MR) is 55.1 cm³/mol. The fourth-order valence-electron chi connectivity index (χ4n) is 1.67. The molecule has 1 aliphatic rings. The van der Waals surface area contributed by atoms with Gasteiger partial charge in [-0.1, -0.05) is 30.2 Å². The molecule has 1 unspecified atom stereocenters. The van der Waals surface area contributed by atoms with Gasteiger partial charge in [-0.25, -0.2) is 0 Å². The van der Waals surface area contributed by atoms with Crippen LogP contribution in [0.3, 0.4) is 0 Å². The van der Waals surface area contributed by atoms with Gasteiger partial charge in [0.25, 0.3) is 0 Å². The van der Waals surface area contributed by atoms with Crippen LogP contribution in [-0.4, -0.2) is 0 Å². The number of rotatable bonds is 0. The minimum Gasteiger partial charge on any atom is -0.0747 e. The van der Waals surface area contributed by atoms with Gasteiger partial charge < -0.3 is 0 Å². The van der Waals surface area contributed by atoms with Crippen molar-refractivity contribution in [3.8, 4) is 0 Å². The Balaban J connectivity index is 3.17. The largest absolute Gasteiger partial charge is 0.0747 e. The Morgan fingerprint density at radius 2 is 1.67 bits per heavy atom. The molecule has 0 bridgehead atoms. The summed E-state index contributed by atoms with van der Waals surface area (Å²) in [7, 11) is 0. The van der Waals surface area contributed by atoms with Crippen molar-refractivity contribution in [2.75, 3.05) is 0 Å². The number of hydrogen-bond acceptors (Lipinski definition) is 0. The molecule has 1 atom stereocenters. The first-order valence-electron chi connectivity index (χ1n) is 4.57. The Bertz CT molecular complexity index is 274. The van der Waals surface area contributed by atoms with Gasteiger partial charge in [-0.15, -0.1) is 0 Å². The SMILES string of the molecule is CC1=CC(C)C(C)=C(C)C(C)=C1. The van der Waals surface area contributed by atoms with Gasteiger partial charge in [-0.05, 0) is 44.8 Å². The van der Waals surface area contributed by atoms with E-state index in [0.29, 0.717) is 5.92 Å².